The number of carbonyl (C=O) groups is 1. The van der Waals surface area contributed by atoms with Gasteiger partial charge in [-0.3, -0.25) is 0 Å². The smallest absolute Gasteiger partial charge is 0.335 e. The van der Waals surface area contributed by atoms with Crippen LogP contribution in [0.25, 0.3) is 23.2 Å². The normalized spacial score (nSPS) is 12.0. The Morgan fingerprint density at radius 1 is 1.11 bits per heavy atom. The van der Waals surface area contributed by atoms with Gasteiger partial charge in [-0.1, -0.05) is 37.3 Å². The van der Waals surface area contributed by atoms with Crippen LogP contribution in [-0.2, 0) is 6.42 Å². The highest BCUT2D eigenvalue weighted by Gasteiger charge is 2.19. The average Bonchev–Trinajstić information content (AvgIpc) is 3.41. The number of rotatable bonds is 6. The van der Waals surface area contributed by atoms with Crippen molar-refractivity contribution < 1.29 is 18.7 Å². The van der Waals surface area contributed by atoms with Crippen molar-refractivity contribution in [3.63, 3.8) is 0 Å². The third-order valence-corrected chi connectivity index (χ3v) is 4.19. The summed E-state index contributed by atoms with van der Waals surface area (Å²) in [5.74, 6) is -0.294. The molecule has 4 aromatic rings. The van der Waals surface area contributed by atoms with Gasteiger partial charge in [-0.25, -0.2) is 14.8 Å². The molecule has 0 radical (unpaired) electrons. The van der Waals surface area contributed by atoms with Gasteiger partial charge in [0.15, 0.2) is 0 Å². The molecule has 8 heteroatoms. The largest absolute Gasteiger partial charge is 0.478 e. The quantitative estimate of drug-likeness (QED) is 0.540. The van der Waals surface area contributed by atoms with Gasteiger partial charge in [-0.15, -0.1) is 10.2 Å². The maximum Gasteiger partial charge on any atom is 0.335 e. The number of aromatic nitrogens is 4. The van der Waals surface area contributed by atoms with Crippen molar-refractivity contribution in [3.8, 4) is 23.2 Å². The van der Waals surface area contributed by atoms with Crippen molar-refractivity contribution in [2.75, 3.05) is 0 Å². The molecule has 0 fully saturated rings. The zero-order chi connectivity index (χ0) is 19.5. The van der Waals surface area contributed by atoms with E-state index >= 15 is 0 Å². The Morgan fingerprint density at radius 2 is 1.86 bits per heavy atom. The van der Waals surface area contributed by atoms with Gasteiger partial charge >= 0.3 is 5.97 Å². The lowest BCUT2D eigenvalue weighted by molar-refractivity contribution is 0.0697. The second kappa shape index (κ2) is 7.43. The second-order valence-corrected chi connectivity index (χ2v) is 6.30. The molecule has 0 saturated carbocycles. The first-order valence-electron chi connectivity index (χ1n) is 8.63. The molecule has 0 saturated heterocycles. The SMILES string of the molecule is C[C@@H](Cc1ccccc1)c1nnc(-c2cc(C(=O)O)cc(-c3ncco3)n2)o1. The maximum atomic E-state index is 11.5. The van der Waals surface area contributed by atoms with Crippen LogP contribution in [0.5, 0.6) is 0 Å². The van der Waals surface area contributed by atoms with E-state index in [2.05, 4.69) is 20.2 Å². The first-order chi connectivity index (χ1) is 13.6. The first-order valence-corrected chi connectivity index (χ1v) is 8.63. The third kappa shape index (κ3) is 3.66. The standard InChI is InChI=1S/C20H16N4O4/c1-12(9-13-5-3-2-4-6-13)17-23-24-19(28-17)16-11-14(20(25)26)10-15(22-16)18-21-7-8-27-18/h2-8,10-12H,9H2,1H3,(H,25,26)/t12-/m0/s1. The molecule has 1 N–H and O–H groups in total. The number of hydrogen-bond donors (Lipinski definition) is 1. The molecule has 3 heterocycles. The maximum absolute atomic E-state index is 11.5. The summed E-state index contributed by atoms with van der Waals surface area (Å²) >= 11 is 0. The summed E-state index contributed by atoms with van der Waals surface area (Å²) < 4.78 is 11.0. The number of carboxylic acid groups (broad SMARTS) is 1. The van der Waals surface area contributed by atoms with Crippen LogP contribution < -0.4 is 0 Å². The summed E-state index contributed by atoms with van der Waals surface area (Å²) in [4.78, 5) is 19.9. The number of aromatic carboxylic acids is 1. The number of nitrogens with zero attached hydrogens (tertiary/aromatic N) is 4. The van der Waals surface area contributed by atoms with Gasteiger partial charge in [0, 0.05) is 5.92 Å². The van der Waals surface area contributed by atoms with E-state index in [1.807, 2.05) is 37.3 Å². The monoisotopic (exact) mass is 376 g/mol. The Bertz CT molecular complexity index is 1090. The molecule has 140 valence electrons. The lowest BCUT2D eigenvalue weighted by atomic mass is 10.0. The fourth-order valence-corrected chi connectivity index (χ4v) is 2.82. The first kappa shape index (κ1) is 17.6. The minimum Gasteiger partial charge on any atom is -0.478 e. The van der Waals surface area contributed by atoms with E-state index < -0.39 is 5.97 Å². The molecule has 4 rings (SSSR count). The highest BCUT2D eigenvalue weighted by molar-refractivity contribution is 5.89. The molecule has 0 aliphatic heterocycles. The van der Waals surface area contributed by atoms with Gasteiger partial charge in [-0.05, 0) is 24.1 Å². The molecule has 0 amide bonds. The van der Waals surface area contributed by atoms with E-state index in [1.165, 1.54) is 24.6 Å². The van der Waals surface area contributed by atoms with Crippen LogP contribution in [0, 0.1) is 0 Å². The van der Waals surface area contributed by atoms with Gasteiger partial charge in [0.05, 0.1) is 11.8 Å². The summed E-state index contributed by atoms with van der Waals surface area (Å²) in [5.41, 5.74) is 1.71. The summed E-state index contributed by atoms with van der Waals surface area (Å²) in [6.45, 7) is 1.99. The van der Waals surface area contributed by atoms with Gasteiger partial charge in [0.2, 0.25) is 11.8 Å². The zero-order valence-electron chi connectivity index (χ0n) is 14.9. The molecule has 8 nitrogen and oxygen atoms in total. The van der Waals surface area contributed by atoms with Crippen LogP contribution in [0.1, 0.15) is 34.7 Å². The molecule has 28 heavy (non-hydrogen) atoms. The molecule has 0 aliphatic rings. The summed E-state index contributed by atoms with van der Waals surface area (Å²) in [5, 5.41) is 17.6. The number of oxazole rings is 1. The molecule has 1 aromatic carbocycles. The summed E-state index contributed by atoms with van der Waals surface area (Å²) in [6.07, 6.45) is 3.59. The molecule has 1 atom stereocenters. The van der Waals surface area contributed by atoms with Crippen molar-refractivity contribution in [3.05, 3.63) is 71.9 Å². The van der Waals surface area contributed by atoms with Gasteiger partial charge in [0.25, 0.3) is 5.89 Å². The summed E-state index contributed by atoms with van der Waals surface area (Å²) in [6, 6.07) is 12.8. The van der Waals surface area contributed by atoms with Crippen molar-refractivity contribution in [1.82, 2.24) is 20.2 Å². The highest BCUT2D eigenvalue weighted by Crippen LogP contribution is 2.26. The fourth-order valence-electron chi connectivity index (χ4n) is 2.82. The predicted octanol–water partition coefficient (Wildman–Crippen LogP) is 3.83. The zero-order valence-corrected chi connectivity index (χ0v) is 14.9. The second-order valence-electron chi connectivity index (χ2n) is 6.30. The van der Waals surface area contributed by atoms with E-state index in [0.717, 1.165) is 12.0 Å². The molecule has 0 unspecified atom stereocenters. The Balaban J connectivity index is 1.65. The van der Waals surface area contributed by atoms with E-state index in [0.29, 0.717) is 5.89 Å². The number of benzene rings is 1. The number of carboxylic acids is 1. The molecular formula is C20H16N4O4. The molecule has 0 bridgehead atoms. The topological polar surface area (TPSA) is 115 Å². The van der Waals surface area contributed by atoms with Crippen molar-refractivity contribution in [2.24, 2.45) is 0 Å². The minimum atomic E-state index is -1.10. The lowest BCUT2D eigenvalue weighted by Gasteiger charge is -2.06. The third-order valence-electron chi connectivity index (χ3n) is 4.19. The highest BCUT2D eigenvalue weighted by atomic mass is 16.4. The molecule has 3 aromatic heterocycles. The number of pyridine rings is 1. The lowest BCUT2D eigenvalue weighted by Crippen LogP contribution is -2.00. The van der Waals surface area contributed by atoms with E-state index in [9.17, 15) is 9.90 Å². The number of hydrogen-bond acceptors (Lipinski definition) is 7. The van der Waals surface area contributed by atoms with Crippen LogP contribution in [0.2, 0.25) is 0 Å². The van der Waals surface area contributed by atoms with E-state index in [-0.39, 0.29) is 34.7 Å². The molecule has 0 spiro atoms. The Hall–Kier alpha value is -3.81. The Kier molecular flexibility index (Phi) is 4.67. The summed E-state index contributed by atoms with van der Waals surface area (Å²) in [7, 11) is 0. The van der Waals surface area contributed by atoms with Crippen LogP contribution in [-0.4, -0.2) is 31.2 Å². The van der Waals surface area contributed by atoms with Crippen LogP contribution in [0.4, 0.5) is 0 Å². The Labute approximate surface area is 159 Å². The van der Waals surface area contributed by atoms with Crippen molar-refractivity contribution in [1.29, 1.82) is 0 Å². The Morgan fingerprint density at radius 3 is 2.54 bits per heavy atom. The minimum absolute atomic E-state index is 0.00230. The van der Waals surface area contributed by atoms with Gasteiger partial charge in [0.1, 0.15) is 17.7 Å². The molecule has 0 aliphatic carbocycles. The van der Waals surface area contributed by atoms with Gasteiger partial charge < -0.3 is 13.9 Å². The van der Waals surface area contributed by atoms with Gasteiger partial charge in [-0.2, -0.15) is 0 Å². The van der Waals surface area contributed by atoms with Crippen LogP contribution in [0.3, 0.4) is 0 Å². The molecular weight excluding hydrogens is 360 g/mol. The van der Waals surface area contributed by atoms with Crippen molar-refractivity contribution >= 4 is 5.97 Å². The van der Waals surface area contributed by atoms with E-state index in [4.69, 9.17) is 8.83 Å². The average molecular weight is 376 g/mol. The fraction of sp³-hybridized carbons (Fsp3) is 0.150. The van der Waals surface area contributed by atoms with Crippen LogP contribution >= 0.6 is 0 Å². The van der Waals surface area contributed by atoms with Crippen molar-refractivity contribution in [2.45, 2.75) is 19.3 Å². The van der Waals surface area contributed by atoms with E-state index in [1.54, 1.807) is 0 Å². The van der Waals surface area contributed by atoms with Crippen LogP contribution in [0.15, 0.2) is 63.8 Å². The predicted molar refractivity (Wildman–Crippen MR) is 98.5 cm³/mol.